The van der Waals surface area contributed by atoms with Crippen molar-refractivity contribution < 1.29 is 14.3 Å². The summed E-state index contributed by atoms with van der Waals surface area (Å²) in [4.78, 5) is 21.0. The molecular weight excluding hydrogens is 334 g/mol. The van der Waals surface area contributed by atoms with Gasteiger partial charge in [0, 0.05) is 16.1 Å². The largest absolute Gasteiger partial charge is 0.459 e. The van der Waals surface area contributed by atoms with Crippen molar-refractivity contribution in [3.05, 3.63) is 34.3 Å². The van der Waals surface area contributed by atoms with Gasteiger partial charge in [-0.25, -0.2) is 0 Å². The molecule has 1 aliphatic heterocycles. The molecule has 4 nitrogen and oxygen atoms in total. The highest BCUT2D eigenvalue weighted by Crippen LogP contribution is 2.37. The number of benzene rings is 1. The van der Waals surface area contributed by atoms with Gasteiger partial charge in [0.15, 0.2) is 12.4 Å². The Kier molecular flexibility index (Phi) is 8.23. The Morgan fingerprint density at radius 2 is 2.05 bits per heavy atom. The third-order valence-electron chi connectivity index (χ3n) is 3.29. The number of ether oxygens (including phenoxy) is 1. The fourth-order valence-electron chi connectivity index (χ4n) is 2.10. The van der Waals surface area contributed by atoms with E-state index in [0.29, 0.717) is 5.56 Å². The first-order valence-corrected chi connectivity index (χ1v) is 8.07. The minimum absolute atomic E-state index is 0.203. The summed E-state index contributed by atoms with van der Waals surface area (Å²) in [6.07, 6.45) is 2.92. The number of carbonyl (C=O) groups is 2. The van der Waals surface area contributed by atoms with Gasteiger partial charge in [0.05, 0.1) is 0 Å². The lowest BCUT2D eigenvalue weighted by atomic mass is 10.1. The predicted octanol–water partition coefficient (Wildman–Crippen LogP) is 3.20. The standard InChI is InChI=1S/C9H7BrO3.C5H9N.C2H6/c10-8-3-1-7(2-4-8)9(12)5-13-6-11;1-2-6-5-3-4(1)5;1-2/h1-4,6H,5H2;4-6H,1-3H2;1-2H3. The highest BCUT2D eigenvalue weighted by Gasteiger charge is 2.40. The molecule has 0 spiro atoms. The lowest BCUT2D eigenvalue weighted by molar-refractivity contribution is -0.127. The first-order chi connectivity index (χ1) is 10.2. The maximum atomic E-state index is 11.2. The molecule has 2 atom stereocenters. The van der Waals surface area contributed by atoms with Crippen LogP contribution in [0.25, 0.3) is 0 Å². The lowest BCUT2D eigenvalue weighted by Crippen LogP contribution is -2.10. The van der Waals surface area contributed by atoms with Gasteiger partial charge in [0.1, 0.15) is 0 Å². The smallest absolute Gasteiger partial charge is 0.293 e. The molecule has 2 fully saturated rings. The van der Waals surface area contributed by atoms with Crippen LogP contribution in [0.15, 0.2) is 28.7 Å². The van der Waals surface area contributed by atoms with Crippen molar-refractivity contribution in [1.82, 2.24) is 5.32 Å². The van der Waals surface area contributed by atoms with Gasteiger partial charge in [-0.1, -0.05) is 41.9 Å². The van der Waals surface area contributed by atoms with Crippen LogP contribution in [0.5, 0.6) is 0 Å². The van der Waals surface area contributed by atoms with Gasteiger partial charge >= 0.3 is 0 Å². The normalized spacial score (nSPS) is 20.9. The number of fused-ring (bicyclic) bond motifs is 1. The SMILES string of the molecule is C1CC2CC2N1.CC.O=COCC(=O)c1ccc(Br)cc1. The Labute approximate surface area is 134 Å². The van der Waals surface area contributed by atoms with Crippen LogP contribution in [-0.4, -0.2) is 31.4 Å². The van der Waals surface area contributed by atoms with Crippen molar-refractivity contribution in [2.24, 2.45) is 5.92 Å². The topological polar surface area (TPSA) is 55.4 Å². The van der Waals surface area contributed by atoms with Gasteiger partial charge in [0.25, 0.3) is 6.47 Å². The Morgan fingerprint density at radius 3 is 2.43 bits per heavy atom. The summed E-state index contributed by atoms with van der Waals surface area (Å²) in [5.74, 6) is 0.893. The molecule has 5 heteroatoms. The van der Waals surface area contributed by atoms with E-state index in [-0.39, 0.29) is 18.9 Å². The van der Waals surface area contributed by atoms with Crippen LogP contribution in [0.3, 0.4) is 0 Å². The maximum absolute atomic E-state index is 11.2. The number of hydrogen-bond acceptors (Lipinski definition) is 4. The highest BCUT2D eigenvalue weighted by atomic mass is 79.9. The van der Waals surface area contributed by atoms with Gasteiger partial charge in [-0.2, -0.15) is 0 Å². The van der Waals surface area contributed by atoms with Crippen LogP contribution >= 0.6 is 15.9 Å². The second kappa shape index (κ2) is 9.68. The molecule has 0 radical (unpaired) electrons. The fourth-order valence-corrected chi connectivity index (χ4v) is 2.36. The van der Waals surface area contributed by atoms with Gasteiger partial charge < -0.3 is 10.1 Å². The number of halogens is 1. The van der Waals surface area contributed by atoms with Crippen LogP contribution in [0, 0.1) is 5.92 Å². The summed E-state index contributed by atoms with van der Waals surface area (Å²) >= 11 is 3.25. The van der Waals surface area contributed by atoms with E-state index in [0.717, 1.165) is 16.4 Å². The lowest BCUT2D eigenvalue weighted by Gasteiger charge is -1.98. The van der Waals surface area contributed by atoms with Crippen molar-refractivity contribution in [2.45, 2.75) is 32.7 Å². The maximum Gasteiger partial charge on any atom is 0.293 e. The van der Waals surface area contributed by atoms with Crippen LogP contribution in [0.2, 0.25) is 0 Å². The van der Waals surface area contributed by atoms with Crippen molar-refractivity contribution in [1.29, 1.82) is 0 Å². The molecule has 21 heavy (non-hydrogen) atoms. The third kappa shape index (κ3) is 6.40. The first-order valence-electron chi connectivity index (χ1n) is 7.28. The van der Waals surface area contributed by atoms with Gasteiger partial charge in [-0.3, -0.25) is 9.59 Å². The molecule has 1 saturated carbocycles. The number of Topliss-reactive ketones (excluding diaryl/α,β-unsaturated/α-hetero) is 1. The van der Waals surface area contributed by atoms with E-state index in [1.165, 1.54) is 19.4 Å². The van der Waals surface area contributed by atoms with E-state index in [1.54, 1.807) is 24.3 Å². The van der Waals surface area contributed by atoms with E-state index in [2.05, 4.69) is 26.0 Å². The molecule has 1 aliphatic carbocycles. The minimum atomic E-state index is -0.209. The molecule has 1 aromatic carbocycles. The molecule has 116 valence electrons. The molecule has 1 N–H and O–H groups in total. The number of rotatable bonds is 4. The highest BCUT2D eigenvalue weighted by molar-refractivity contribution is 9.10. The summed E-state index contributed by atoms with van der Waals surface area (Å²) < 4.78 is 5.24. The number of ketones is 1. The monoisotopic (exact) mass is 355 g/mol. The Bertz CT molecular complexity index is 439. The molecule has 3 rings (SSSR count). The van der Waals surface area contributed by atoms with E-state index >= 15 is 0 Å². The summed E-state index contributed by atoms with van der Waals surface area (Å²) in [6, 6.07) is 7.81. The zero-order valence-electron chi connectivity index (χ0n) is 12.5. The quantitative estimate of drug-likeness (QED) is 0.665. The van der Waals surface area contributed by atoms with Crippen LogP contribution in [-0.2, 0) is 9.53 Å². The Balaban J connectivity index is 0.000000225. The van der Waals surface area contributed by atoms with Crippen molar-refractivity contribution in [2.75, 3.05) is 13.2 Å². The Hall–Kier alpha value is -1.20. The van der Waals surface area contributed by atoms with Gasteiger partial charge in [0.2, 0.25) is 0 Å². The third-order valence-corrected chi connectivity index (χ3v) is 3.82. The minimum Gasteiger partial charge on any atom is -0.459 e. The van der Waals surface area contributed by atoms with Crippen molar-refractivity contribution >= 4 is 28.2 Å². The summed E-state index contributed by atoms with van der Waals surface area (Å²) in [5, 5.41) is 3.39. The number of carbonyl (C=O) groups excluding carboxylic acids is 2. The average Bonchev–Trinajstić information content (AvgIpc) is 3.14. The number of piperidine rings is 1. The summed E-state index contributed by atoms with van der Waals surface area (Å²) in [7, 11) is 0. The molecule has 1 aromatic rings. The van der Waals surface area contributed by atoms with Crippen LogP contribution < -0.4 is 5.32 Å². The van der Waals surface area contributed by atoms with Crippen LogP contribution in [0.1, 0.15) is 37.0 Å². The second-order valence-electron chi connectivity index (χ2n) is 4.68. The fraction of sp³-hybridized carbons (Fsp3) is 0.500. The summed E-state index contributed by atoms with van der Waals surface area (Å²) in [5.41, 5.74) is 0.532. The van der Waals surface area contributed by atoms with E-state index in [9.17, 15) is 9.59 Å². The van der Waals surface area contributed by atoms with Crippen molar-refractivity contribution in [3.8, 4) is 0 Å². The zero-order chi connectivity index (χ0) is 15.7. The molecule has 0 amide bonds. The predicted molar refractivity (Wildman–Crippen MR) is 86.4 cm³/mol. The molecule has 2 unspecified atom stereocenters. The van der Waals surface area contributed by atoms with Gasteiger partial charge in [-0.15, -0.1) is 0 Å². The average molecular weight is 356 g/mol. The molecular formula is C16H22BrNO3. The number of hydrogen-bond donors (Lipinski definition) is 1. The molecule has 1 saturated heterocycles. The Morgan fingerprint density at radius 1 is 1.38 bits per heavy atom. The van der Waals surface area contributed by atoms with E-state index in [1.807, 2.05) is 13.8 Å². The molecule has 0 aromatic heterocycles. The second-order valence-corrected chi connectivity index (χ2v) is 5.60. The molecule has 2 aliphatic rings. The summed E-state index contributed by atoms with van der Waals surface area (Å²) in [6.45, 7) is 5.34. The zero-order valence-corrected chi connectivity index (χ0v) is 14.1. The van der Waals surface area contributed by atoms with E-state index < -0.39 is 0 Å². The first kappa shape index (κ1) is 17.9. The molecule has 1 heterocycles. The van der Waals surface area contributed by atoms with Crippen molar-refractivity contribution in [3.63, 3.8) is 0 Å². The number of nitrogens with one attached hydrogen (secondary N) is 1. The van der Waals surface area contributed by atoms with Gasteiger partial charge in [-0.05, 0) is 37.4 Å². The van der Waals surface area contributed by atoms with Crippen LogP contribution in [0.4, 0.5) is 0 Å². The molecule has 0 bridgehead atoms. The van der Waals surface area contributed by atoms with E-state index in [4.69, 9.17) is 0 Å².